The van der Waals surface area contributed by atoms with Gasteiger partial charge >= 0.3 is 6.85 Å². The molecule has 3 aliphatic rings. The van der Waals surface area contributed by atoms with Crippen LogP contribution in [0.5, 0.6) is 0 Å². The summed E-state index contributed by atoms with van der Waals surface area (Å²) in [6.45, 7) is 19.2. The molecule has 0 amide bonds. The molecule has 0 N–H and O–H groups in total. The van der Waals surface area contributed by atoms with Gasteiger partial charge in [0.2, 0.25) is 0 Å². The van der Waals surface area contributed by atoms with Crippen molar-refractivity contribution < 1.29 is 0 Å². The normalized spacial score (nSPS) is 14.5. The van der Waals surface area contributed by atoms with Gasteiger partial charge in [-0.25, -0.2) is 0 Å². The third-order valence-corrected chi connectivity index (χ3v) is 15.4. The molecule has 1 aromatic heterocycles. The highest BCUT2D eigenvalue weighted by atomic mass is 32.1. The van der Waals surface area contributed by atoms with E-state index in [1.165, 1.54) is 120 Å². The van der Waals surface area contributed by atoms with Crippen molar-refractivity contribution in [2.75, 3.05) is 4.81 Å². The van der Waals surface area contributed by atoms with E-state index >= 15 is 0 Å². The van der Waals surface area contributed by atoms with Crippen LogP contribution in [-0.2, 0) is 16.2 Å². The predicted molar refractivity (Wildman–Crippen MR) is 270 cm³/mol. The zero-order chi connectivity index (χ0) is 42.4. The lowest BCUT2D eigenvalue weighted by Gasteiger charge is -2.52. The minimum atomic E-state index is -0.235. The molecule has 0 saturated heterocycles. The summed E-state index contributed by atoms with van der Waals surface area (Å²) in [5.41, 5.74) is 23.7. The highest BCUT2D eigenvalue weighted by molar-refractivity contribution is 7.26. The maximum Gasteiger partial charge on any atom is 0.329 e. The molecule has 300 valence electrons. The Morgan fingerprint density at radius 1 is 0.419 bits per heavy atom. The highest BCUT2D eigenvalue weighted by Gasteiger charge is 2.51. The summed E-state index contributed by atoms with van der Waals surface area (Å²) in [4.78, 5) is 2.79. The Balaban J connectivity index is 1.18. The third kappa shape index (κ3) is 5.47. The molecule has 8 aromatic carbocycles. The number of fused-ring (bicyclic) bond motifs is 9. The van der Waals surface area contributed by atoms with Crippen LogP contribution >= 0.6 is 11.3 Å². The van der Waals surface area contributed by atoms with Gasteiger partial charge in [-0.15, -0.1) is 11.3 Å². The van der Waals surface area contributed by atoms with Gasteiger partial charge in [0.25, 0.3) is 0 Å². The van der Waals surface area contributed by atoms with E-state index in [0.717, 1.165) is 0 Å². The van der Waals surface area contributed by atoms with Gasteiger partial charge in [-0.1, -0.05) is 165 Å². The lowest BCUT2D eigenvalue weighted by atomic mass is 9.41. The quantitative estimate of drug-likeness (QED) is 0.161. The second kappa shape index (κ2) is 12.9. The van der Waals surface area contributed by atoms with Crippen molar-refractivity contribution in [2.24, 2.45) is 0 Å². The first-order chi connectivity index (χ1) is 29.7. The fourth-order valence-corrected chi connectivity index (χ4v) is 11.9. The maximum atomic E-state index is 2.79. The summed E-state index contributed by atoms with van der Waals surface area (Å²) in [7, 11) is 0. The summed E-state index contributed by atoms with van der Waals surface area (Å²) < 4.78 is 2.71. The minimum Gasteiger partial charge on any atom is -0.375 e. The SMILES string of the molecule is CC(C)(C)c1cc2c3c(c1)C(C)(C)c1cc(C(C)(C)C)cc4c1N3B(c1ccc(-c3cc(-c5ccccc5)cc(-c5ccccc5)c3)cc1-2)c1cc2c(cc1-4)sc1ccccc12. The Morgan fingerprint density at radius 2 is 0.935 bits per heavy atom. The fraction of sp³-hybridized carbons (Fsp3) is 0.186. The van der Waals surface area contributed by atoms with Crippen LogP contribution in [0.3, 0.4) is 0 Å². The Bertz CT molecular complexity index is 3280. The number of rotatable bonds is 3. The lowest BCUT2D eigenvalue weighted by molar-refractivity contribution is 0.574. The molecule has 3 heteroatoms. The van der Waals surface area contributed by atoms with Crippen molar-refractivity contribution in [3.63, 3.8) is 0 Å². The molecule has 3 aliphatic heterocycles. The number of benzene rings is 8. The average molecular weight is 816 g/mol. The molecule has 12 rings (SSSR count). The van der Waals surface area contributed by atoms with Crippen LogP contribution in [0.1, 0.15) is 77.6 Å². The van der Waals surface area contributed by atoms with Crippen LogP contribution in [0.2, 0.25) is 0 Å². The van der Waals surface area contributed by atoms with Crippen LogP contribution in [0.4, 0.5) is 11.4 Å². The van der Waals surface area contributed by atoms with Crippen LogP contribution in [-0.4, -0.2) is 6.85 Å². The smallest absolute Gasteiger partial charge is 0.329 e. The van der Waals surface area contributed by atoms with Crippen molar-refractivity contribution in [1.82, 2.24) is 0 Å². The van der Waals surface area contributed by atoms with Crippen molar-refractivity contribution in [1.29, 1.82) is 0 Å². The summed E-state index contributed by atoms with van der Waals surface area (Å²) in [5, 5.41) is 2.70. The molecule has 0 bridgehead atoms. The molecule has 0 fully saturated rings. The molecule has 0 unspecified atom stereocenters. The van der Waals surface area contributed by atoms with Gasteiger partial charge in [0, 0.05) is 42.7 Å². The predicted octanol–water partition coefficient (Wildman–Crippen LogP) is 15.2. The Kier molecular flexibility index (Phi) is 7.85. The first-order valence-corrected chi connectivity index (χ1v) is 23.1. The number of hydrogen-bond donors (Lipinski definition) is 0. The number of thiophene rings is 1. The second-order valence-corrected chi connectivity index (χ2v) is 21.7. The minimum absolute atomic E-state index is 0.0118. The molecule has 0 radical (unpaired) electrons. The van der Waals surface area contributed by atoms with Crippen LogP contribution in [0, 0.1) is 0 Å². The monoisotopic (exact) mass is 815 g/mol. The molecule has 4 heterocycles. The Morgan fingerprint density at radius 3 is 1.50 bits per heavy atom. The third-order valence-electron chi connectivity index (χ3n) is 14.3. The standard InChI is InChI=1S/C59H50BNS/c1-57(2,3)41-29-47-44-28-37(40-26-38(35-17-11-9-12-18-35)25-39(27-40)36-19-13-10-14-20-36)23-24-51(44)60-52-33-46-43-21-15-16-22-53(43)62-54(46)34-45(52)48-30-42(58(4,5)6)32-50-56(48)61(60)55(47)49(31-41)59(50,7)8/h9-34H,1-8H3. The van der Waals surface area contributed by atoms with Crippen molar-refractivity contribution >= 4 is 60.7 Å². The lowest BCUT2D eigenvalue weighted by Crippen LogP contribution is -2.61. The molecule has 0 saturated carbocycles. The van der Waals surface area contributed by atoms with Crippen LogP contribution in [0.25, 0.3) is 75.8 Å². The Hall–Kier alpha value is -6.16. The molecule has 0 atom stereocenters. The first-order valence-electron chi connectivity index (χ1n) is 22.3. The van der Waals surface area contributed by atoms with Crippen molar-refractivity contribution in [3.8, 4) is 55.6 Å². The fourth-order valence-electron chi connectivity index (χ4n) is 10.8. The van der Waals surface area contributed by atoms with Crippen molar-refractivity contribution in [3.05, 3.63) is 180 Å². The van der Waals surface area contributed by atoms with E-state index in [1.54, 1.807) is 0 Å². The Labute approximate surface area is 370 Å². The molecule has 1 nitrogen and oxygen atoms in total. The molecule has 9 aromatic rings. The van der Waals surface area contributed by atoms with E-state index in [-0.39, 0.29) is 23.1 Å². The molecule has 62 heavy (non-hydrogen) atoms. The zero-order valence-corrected chi connectivity index (χ0v) is 37.8. The van der Waals surface area contributed by atoms with E-state index < -0.39 is 0 Å². The van der Waals surface area contributed by atoms with Gasteiger partial charge in [-0.3, -0.25) is 0 Å². The maximum absolute atomic E-state index is 2.79. The number of nitrogens with zero attached hydrogens (tertiary/aromatic N) is 1. The van der Waals surface area contributed by atoms with Gasteiger partial charge in [-0.2, -0.15) is 0 Å². The van der Waals surface area contributed by atoms with Gasteiger partial charge in [0.15, 0.2) is 0 Å². The van der Waals surface area contributed by atoms with E-state index in [9.17, 15) is 0 Å². The molecule has 0 spiro atoms. The second-order valence-electron chi connectivity index (χ2n) is 20.6. The van der Waals surface area contributed by atoms with E-state index in [0.29, 0.717) is 0 Å². The van der Waals surface area contributed by atoms with Gasteiger partial charge in [-0.05, 0) is 142 Å². The summed E-state index contributed by atoms with van der Waals surface area (Å²) in [6, 6.07) is 60.6. The molecular formula is C59H50BNS. The molecular weight excluding hydrogens is 766 g/mol. The summed E-state index contributed by atoms with van der Waals surface area (Å²) >= 11 is 1.93. The number of anilines is 2. The summed E-state index contributed by atoms with van der Waals surface area (Å²) in [6.07, 6.45) is 0. The van der Waals surface area contributed by atoms with Gasteiger partial charge in [0.1, 0.15) is 0 Å². The van der Waals surface area contributed by atoms with Gasteiger partial charge < -0.3 is 4.81 Å². The van der Waals surface area contributed by atoms with Crippen LogP contribution < -0.4 is 15.7 Å². The largest absolute Gasteiger partial charge is 0.375 e. The van der Waals surface area contributed by atoms with Gasteiger partial charge in [0.05, 0.1) is 0 Å². The summed E-state index contributed by atoms with van der Waals surface area (Å²) in [5.74, 6) is 0. The first kappa shape index (κ1) is 37.6. The van der Waals surface area contributed by atoms with E-state index in [1.807, 2.05) is 11.3 Å². The average Bonchev–Trinajstić information content (AvgIpc) is 3.64. The topological polar surface area (TPSA) is 3.24 Å². The van der Waals surface area contributed by atoms with Crippen molar-refractivity contribution in [2.45, 2.75) is 71.6 Å². The number of hydrogen-bond acceptors (Lipinski definition) is 2. The molecule has 0 aliphatic carbocycles. The van der Waals surface area contributed by atoms with E-state index in [2.05, 4.69) is 218 Å². The van der Waals surface area contributed by atoms with Crippen LogP contribution in [0.15, 0.2) is 158 Å². The zero-order valence-electron chi connectivity index (χ0n) is 36.9. The highest BCUT2D eigenvalue weighted by Crippen LogP contribution is 2.60. The van der Waals surface area contributed by atoms with E-state index in [4.69, 9.17) is 0 Å².